The Bertz CT molecular complexity index is 1620. The highest BCUT2D eigenvalue weighted by atomic mass is 16.5. The van der Waals surface area contributed by atoms with Crippen molar-refractivity contribution in [3.05, 3.63) is 79.7 Å². The lowest BCUT2D eigenvalue weighted by atomic mass is 9.96. The Morgan fingerprint density at radius 2 is 1.45 bits per heavy atom. The fourth-order valence-electron chi connectivity index (χ4n) is 6.26. The van der Waals surface area contributed by atoms with Crippen molar-refractivity contribution in [3.8, 4) is 0 Å². The van der Waals surface area contributed by atoms with E-state index in [-0.39, 0.29) is 11.9 Å². The zero-order valence-electron chi connectivity index (χ0n) is 25.5. The van der Waals surface area contributed by atoms with Crippen LogP contribution >= 0.6 is 0 Å². The van der Waals surface area contributed by atoms with Gasteiger partial charge in [-0.05, 0) is 97.2 Å². The van der Waals surface area contributed by atoms with Crippen LogP contribution < -0.4 is 0 Å². The van der Waals surface area contributed by atoms with Crippen molar-refractivity contribution in [2.75, 3.05) is 14.2 Å². The van der Waals surface area contributed by atoms with Gasteiger partial charge < -0.3 is 19.4 Å². The molecule has 3 aliphatic rings. The molecule has 2 aromatic rings. The van der Waals surface area contributed by atoms with Crippen molar-refractivity contribution in [3.63, 3.8) is 0 Å². The first-order valence-corrected chi connectivity index (χ1v) is 14.8. The van der Waals surface area contributed by atoms with E-state index in [0.717, 1.165) is 80.7 Å². The van der Waals surface area contributed by atoms with Gasteiger partial charge in [0.15, 0.2) is 0 Å². The smallest absolute Gasteiger partial charge is 0.305 e. The lowest BCUT2D eigenvalue weighted by molar-refractivity contribution is -0.141. The van der Waals surface area contributed by atoms with Gasteiger partial charge in [-0.15, -0.1) is 0 Å². The predicted molar refractivity (Wildman–Crippen MR) is 166 cm³/mol. The quantitative estimate of drug-likeness (QED) is 0.359. The number of aromatic nitrogens is 2. The molecule has 0 aromatic carbocycles. The maximum atomic E-state index is 12.0. The summed E-state index contributed by atoms with van der Waals surface area (Å²) in [6.07, 6.45) is 9.09. The van der Waals surface area contributed by atoms with Crippen molar-refractivity contribution in [2.45, 2.75) is 79.1 Å². The Morgan fingerprint density at radius 1 is 0.786 bits per heavy atom. The summed E-state index contributed by atoms with van der Waals surface area (Å²) < 4.78 is 9.86. The average Bonchev–Trinajstić information content (AvgIpc) is 3.71. The van der Waals surface area contributed by atoms with Crippen LogP contribution in [0.25, 0.3) is 12.2 Å². The van der Waals surface area contributed by atoms with Crippen LogP contribution in [-0.4, -0.2) is 47.5 Å². The van der Waals surface area contributed by atoms with Crippen LogP contribution in [0.15, 0.2) is 55.8 Å². The van der Waals surface area contributed by atoms with Crippen molar-refractivity contribution >= 4 is 35.5 Å². The van der Waals surface area contributed by atoms with Crippen LogP contribution in [0.1, 0.15) is 87.3 Å². The molecule has 0 radical (unpaired) electrons. The number of methoxy groups -OCH3 is 2. The fourth-order valence-corrected chi connectivity index (χ4v) is 6.26. The molecule has 0 unspecified atom stereocenters. The fraction of sp³-hybridized carbons (Fsp3) is 0.412. The molecule has 0 saturated carbocycles. The topological polar surface area (TPSA) is 109 Å². The van der Waals surface area contributed by atoms with Gasteiger partial charge in [-0.3, -0.25) is 19.6 Å². The molecule has 220 valence electrons. The lowest BCUT2D eigenvalue weighted by Crippen LogP contribution is -2.08. The number of rotatable bonds is 8. The standard InChI is InChI=1S/C34H40N4O4/c1-7-23-24(8-2)32-18-28-20(4)26(12-14-34(40)42-6)30(37-28)16-22-10-9-21(35-22)15-29-25(11-13-33(39)41-5)19(3)27(36-29)17-31(23)38-32/h9-10,15,18,35,38H,7-8,11-14,16-17H2,1-6H3/b28-18-,29-15-. The second-order valence-electron chi connectivity index (χ2n) is 11.0. The SMILES string of the molecule is CCc1c2[nH]c(c1CC)CC1=N/C(=C\c3ccc([nH]3)CC3=N/C(=C\2)C(C)=C3CCC(=O)OC)C(CCC(=O)OC)=C1C. The second kappa shape index (κ2) is 12.3. The monoisotopic (exact) mass is 568 g/mol. The van der Waals surface area contributed by atoms with Crippen LogP contribution in [0, 0.1) is 0 Å². The molecule has 0 aliphatic carbocycles. The molecule has 2 N–H and O–H groups in total. The number of hydrogen-bond acceptors (Lipinski definition) is 6. The minimum Gasteiger partial charge on any atom is -0.469 e. The van der Waals surface area contributed by atoms with Crippen LogP contribution in [-0.2, 0) is 44.7 Å². The number of carbonyl (C=O) groups is 2. The highest BCUT2D eigenvalue weighted by Crippen LogP contribution is 2.36. The number of nitrogens with zero attached hydrogens (tertiary/aromatic N) is 2. The van der Waals surface area contributed by atoms with E-state index >= 15 is 0 Å². The lowest BCUT2D eigenvalue weighted by Gasteiger charge is -2.07. The third-order valence-electron chi connectivity index (χ3n) is 8.60. The zero-order chi connectivity index (χ0) is 30.0. The summed E-state index contributed by atoms with van der Waals surface area (Å²) in [5, 5.41) is 0. The molecule has 5 rings (SSSR count). The normalized spacial score (nSPS) is 18.8. The van der Waals surface area contributed by atoms with Gasteiger partial charge in [0.05, 0.1) is 37.0 Å². The van der Waals surface area contributed by atoms with Gasteiger partial charge in [0, 0.05) is 48.5 Å². The molecule has 0 fully saturated rings. The number of aliphatic imine (C=N–C) groups is 2. The molecule has 8 nitrogen and oxygen atoms in total. The largest absolute Gasteiger partial charge is 0.469 e. The number of hydrogen-bond donors (Lipinski definition) is 2. The zero-order valence-corrected chi connectivity index (χ0v) is 25.5. The highest BCUT2D eigenvalue weighted by molar-refractivity contribution is 6.07. The Labute approximate surface area is 247 Å². The first-order chi connectivity index (χ1) is 20.3. The van der Waals surface area contributed by atoms with Crippen LogP contribution in [0.5, 0.6) is 0 Å². The number of H-pyrrole nitrogens is 2. The van der Waals surface area contributed by atoms with E-state index < -0.39 is 0 Å². The Hall–Kier alpha value is -4.20. The van der Waals surface area contributed by atoms with Gasteiger partial charge in [-0.2, -0.15) is 0 Å². The van der Waals surface area contributed by atoms with Gasteiger partial charge in [-0.25, -0.2) is 0 Å². The molecule has 5 heterocycles. The minimum atomic E-state index is -0.228. The van der Waals surface area contributed by atoms with Gasteiger partial charge in [0.2, 0.25) is 0 Å². The molecule has 0 spiro atoms. The summed E-state index contributed by atoms with van der Waals surface area (Å²) in [5.41, 5.74) is 15.0. The predicted octanol–water partition coefficient (Wildman–Crippen LogP) is 6.40. The molecule has 8 heteroatoms. The third-order valence-corrected chi connectivity index (χ3v) is 8.60. The summed E-state index contributed by atoms with van der Waals surface area (Å²) in [7, 11) is 2.85. The van der Waals surface area contributed by atoms with E-state index in [2.05, 4.69) is 61.9 Å². The van der Waals surface area contributed by atoms with E-state index in [9.17, 15) is 9.59 Å². The number of aromatic amines is 2. The maximum absolute atomic E-state index is 12.0. The summed E-state index contributed by atoms with van der Waals surface area (Å²) in [6, 6.07) is 4.13. The summed E-state index contributed by atoms with van der Waals surface area (Å²) in [6.45, 7) is 8.60. The van der Waals surface area contributed by atoms with E-state index in [0.29, 0.717) is 38.5 Å². The third kappa shape index (κ3) is 5.75. The van der Waals surface area contributed by atoms with Crippen molar-refractivity contribution < 1.29 is 19.1 Å². The molecular weight excluding hydrogens is 528 g/mol. The van der Waals surface area contributed by atoms with E-state index in [1.807, 2.05) is 0 Å². The maximum Gasteiger partial charge on any atom is 0.305 e. The van der Waals surface area contributed by atoms with Crippen LogP contribution in [0.4, 0.5) is 0 Å². The Balaban J connectivity index is 1.64. The molecule has 8 bridgehead atoms. The summed E-state index contributed by atoms with van der Waals surface area (Å²) >= 11 is 0. The van der Waals surface area contributed by atoms with Gasteiger partial charge in [-0.1, -0.05) is 13.8 Å². The van der Waals surface area contributed by atoms with E-state index in [1.54, 1.807) is 0 Å². The van der Waals surface area contributed by atoms with E-state index in [4.69, 9.17) is 19.5 Å². The number of carbonyl (C=O) groups excluding carboxylic acids is 2. The Kier molecular flexibility index (Phi) is 8.61. The molecule has 42 heavy (non-hydrogen) atoms. The number of ether oxygens (including phenoxy) is 2. The summed E-state index contributed by atoms with van der Waals surface area (Å²) in [4.78, 5) is 41.6. The molecule has 0 atom stereocenters. The van der Waals surface area contributed by atoms with E-state index in [1.165, 1.54) is 25.3 Å². The number of fused-ring (bicyclic) bond motifs is 6. The molecular formula is C34H40N4O4. The summed E-state index contributed by atoms with van der Waals surface area (Å²) in [5.74, 6) is -0.453. The number of nitrogens with one attached hydrogen (secondary N) is 2. The number of esters is 2. The first kappa shape index (κ1) is 29.3. The highest BCUT2D eigenvalue weighted by Gasteiger charge is 2.26. The van der Waals surface area contributed by atoms with Gasteiger partial charge in [0.1, 0.15) is 0 Å². The first-order valence-electron chi connectivity index (χ1n) is 14.8. The van der Waals surface area contributed by atoms with Crippen molar-refractivity contribution in [2.24, 2.45) is 9.98 Å². The molecule has 0 saturated heterocycles. The molecule has 2 aromatic heterocycles. The van der Waals surface area contributed by atoms with Gasteiger partial charge in [0.25, 0.3) is 0 Å². The Morgan fingerprint density at radius 3 is 2.12 bits per heavy atom. The van der Waals surface area contributed by atoms with Crippen LogP contribution in [0.3, 0.4) is 0 Å². The van der Waals surface area contributed by atoms with Crippen LogP contribution in [0.2, 0.25) is 0 Å². The van der Waals surface area contributed by atoms with Crippen molar-refractivity contribution in [1.82, 2.24) is 9.97 Å². The molecule has 0 amide bonds. The minimum absolute atomic E-state index is 0.225. The average molecular weight is 569 g/mol. The van der Waals surface area contributed by atoms with Crippen molar-refractivity contribution in [1.29, 1.82) is 0 Å². The molecule has 3 aliphatic heterocycles. The van der Waals surface area contributed by atoms with Gasteiger partial charge >= 0.3 is 11.9 Å². The second-order valence-corrected chi connectivity index (χ2v) is 11.0. The number of allylic oxidation sites excluding steroid dienone is 4.